The molecule has 1 heterocycles. The van der Waals surface area contributed by atoms with E-state index in [1.54, 1.807) is 30.0 Å². The van der Waals surface area contributed by atoms with Gasteiger partial charge in [-0.05, 0) is 48.9 Å². The minimum atomic E-state index is -0.702. The molecule has 1 saturated heterocycles. The number of ether oxygens (including phenoxy) is 3. The second-order valence-corrected chi connectivity index (χ2v) is 8.80. The average Bonchev–Trinajstić information content (AvgIpc) is 3.20. The zero-order valence-electron chi connectivity index (χ0n) is 20.3. The number of esters is 1. The number of rotatable bonds is 7. The van der Waals surface area contributed by atoms with Gasteiger partial charge in [-0.25, -0.2) is 4.39 Å². The van der Waals surface area contributed by atoms with Crippen molar-refractivity contribution in [2.75, 3.05) is 33.4 Å². The van der Waals surface area contributed by atoms with Gasteiger partial charge in [-0.1, -0.05) is 24.8 Å². The first-order valence-electron chi connectivity index (χ1n) is 11.3. The number of benzene rings is 2. The van der Waals surface area contributed by atoms with E-state index in [-0.39, 0.29) is 30.9 Å². The smallest absolute Gasteiger partial charge is 0.303 e. The number of carbonyl (C=O) groups excluding carboxylic acids is 2. The Hall–Kier alpha value is -3.57. The molecule has 3 rings (SSSR count). The standard InChI is InChI=1S/C27H30FNO6/c1-18(30)27(3)17-29(26(32)16-35-19(2)31)15-23(27)21-9-12-24(33-4)25(14-21)34-13-5-6-20-7-10-22(28)11-8-20/h7-12,14,18,23,30H,13,15-17H2,1-4H3/t18-,23+,27+/m1/s1. The van der Waals surface area contributed by atoms with E-state index in [0.29, 0.717) is 30.2 Å². The van der Waals surface area contributed by atoms with E-state index in [4.69, 9.17) is 14.2 Å². The van der Waals surface area contributed by atoms with Gasteiger partial charge < -0.3 is 24.2 Å². The number of nitrogens with zero attached hydrogens (tertiary/aromatic N) is 1. The number of hydrogen-bond donors (Lipinski definition) is 1. The fourth-order valence-corrected chi connectivity index (χ4v) is 4.18. The van der Waals surface area contributed by atoms with Gasteiger partial charge in [-0.2, -0.15) is 0 Å². The first-order valence-corrected chi connectivity index (χ1v) is 11.3. The summed E-state index contributed by atoms with van der Waals surface area (Å²) in [4.78, 5) is 25.3. The third-order valence-corrected chi connectivity index (χ3v) is 6.40. The highest BCUT2D eigenvalue weighted by Crippen LogP contribution is 2.46. The number of carbonyl (C=O) groups is 2. The van der Waals surface area contributed by atoms with Crippen LogP contribution >= 0.6 is 0 Å². The molecule has 0 spiro atoms. The maximum Gasteiger partial charge on any atom is 0.303 e. The molecule has 186 valence electrons. The number of methoxy groups -OCH3 is 1. The molecule has 0 bridgehead atoms. The quantitative estimate of drug-likeness (QED) is 0.481. The Morgan fingerprint density at radius 2 is 1.94 bits per heavy atom. The Balaban J connectivity index is 1.79. The van der Waals surface area contributed by atoms with Crippen LogP contribution in [0.4, 0.5) is 4.39 Å². The van der Waals surface area contributed by atoms with Crippen LogP contribution in [0.1, 0.15) is 37.8 Å². The molecule has 2 aromatic carbocycles. The lowest BCUT2D eigenvalue weighted by Crippen LogP contribution is -2.39. The number of hydrogen-bond acceptors (Lipinski definition) is 6. The minimum absolute atomic E-state index is 0.0858. The van der Waals surface area contributed by atoms with Gasteiger partial charge in [0.1, 0.15) is 12.4 Å². The summed E-state index contributed by atoms with van der Waals surface area (Å²) in [6.07, 6.45) is -0.702. The van der Waals surface area contributed by atoms with Crippen LogP contribution in [0.15, 0.2) is 42.5 Å². The number of aliphatic hydroxyl groups is 1. The Kier molecular flexibility index (Phi) is 8.36. The predicted molar refractivity (Wildman–Crippen MR) is 128 cm³/mol. The Bertz CT molecular complexity index is 1120. The maximum absolute atomic E-state index is 13.0. The van der Waals surface area contributed by atoms with E-state index in [0.717, 1.165) is 5.56 Å². The molecule has 0 radical (unpaired) electrons. The molecular formula is C27H30FNO6. The summed E-state index contributed by atoms with van der Waals surface area (Å²) in [7, 11) is 1.54. The summed E-state index contributed by atoms with van der Waals surface area (Å²) in [5.74, 6) is 5.49. The Morgan fingerprint density at radius 1 is 1.23 bits per heavy atom. The van der Waals surface area contributed by atoms with Crippen molar-refractivity contribution in [1.82, 2.24) is 4.90 Å². The van der Waals surface area contributed by atoms with Crippen molar-refractivity contribution in [2.24, 2.45) is 5.41 Å². The third kappa shape index (κ3) is 6.31. The molecule has 0 aliphatic carbocycles. The van der Waals surface area contributed by atoms with E-state index >= 15 is 0 Å². The lowest BCUT2D eigenvalue weighted by atomic mass is 9.72. The van der Waals surface area contributed by atoms with Gasteiger partial charge in [0, 0.05) is 36.9 Å². The lowest BCUT2D eigenvalue weighted by Gasteiger charge is -2.33. The molecular weight excluding hydrogens is 453 g/mol. The van der Waals surface area contributed by atoms with Crippen molar-refractivity contribution in [3.63, 3.8) is 0 Å². The number of aliphatic hydroxyl groups excluding tert-OH is 1. The van der Waals surface area contributed by atoms with Crippen LogP contribution in [0.5, 0.6) is 11.5 Å². The predicted octanol–water partition coefficient (Wildman–Crippen LogP) is 3.14. The van der Waals surface area contributed by atoms with Gasteiger partial charge in [0.2, 0.25) is 0 Å². The molecule has 3 atom stereocenters. The van der Waals surface area contributed by atoms with Crippen molar-refractivity contribution < 1.29 is 33.3 Å². The van der Waals surface area contributed by atoms with E-state index in [1.807, 2.05) is 19.1 Å². The highest BCUT2D eigenvalue weighted by molar-refractivity contribution is 5.80. The van der Waals surface area contributed by atoms with Crippen LogP contribution in [0.3, 0.4) is 0 Å². The normalized spacial score (nSPS) is 19.9. The number of amides is 1. The first-order chi connectivity index (χ1) is 16.6. The topological polar surface area (TPSA) is 85.3 Å². The second kappa shape index (κ2) is 11.2. The van der Waals surface area contributed by atoms with E-state index < -0.39 is 17.5 Å². The highest BCUT2D eigenvalue weighted by atomic mass is 19.1. The molecule has 2 aromatic rings. The summed E-state index contributed by atoms with van der Waals surface area (Å²) in [5, 5.41) is 10.6. The minimum Gasteiger partial charge on any atom is -0.493 e. The molecule has 0 aromatic heterocycles. The zero-order valence-corrected chi connectivity index (χ0v) is 20.3. The van der Waals surface area contributed by atoms with Gasteiger partial charge in [-0.3, -0.25) is 9.59 Å². The van der Waals surface area contributed by atoms with Gasteiger partial charge in [0.15, 0.2) is 18.1 Å². The van der Waals surface area contributed by atoms with Gasteiger partial charge >= 0.3 is 5.97 Å². The summed E-state index contributed by atoms with van der Waals surface area (Å²) in [6.45, 7) is 5.32. The van der Waals surface area contributed by atoms with Crippen molar-refractivity contribution >= 4 is 11.9 Å². The fourth-order valence-electron chi connectivity index (χ4n) is 4.18. The first kappa shape index (κ1) is 26.0. The van der Waals surface area contributed by atoms with E-state index in [2.05, 4.69) is 11.8 Å². The van der Waals surface area contributed by atoms with Gasteiger partial charge in [-0.15, -0.1) is 0 Å². The largest absolute Gasteiger partial charge is 0.493 e. The van der Waals surface area contributed by atoms with E-state index in [9.17, 15) is 19.1 Å². The van der Waals surface area contributed by atoms with Crippen molar-refractivity contribution in [3.8, 4) is 23.3 Å². The molecule has 0 saturated carbocycles. The van der Waals surface area contributed by atoms with Crippen molar-refractivity contribution in [1.29, 1.82) is 0 Å². The lowest BCUT2D eigenvalue weighted by molar-refractivity contribution is -0.150. The maximum atomic E-state index is 13.0. The highest BCUT2D eigenvalue weighted by Gasteiger charge is 2.48. The summed E-state index contributed by atoms with van der Waals surface area (Å²) >= 11 is 0. The SMILES string of the molecule is COc1ccc([C@@H]2CN(C(=O)COC(C)=O)C[C@@]2(C)[C@@H](C)O)cc1OCC#Cc1ccc(F)cc1. The molecule has 1 amide bonds. The van der Waals surface area contributed by atoms with E-state index in [1.165, 1.54) is 26.2 Å². The molecule has 7 nitrogen and oxygen atoms in total. The average molecular weight is 484 g/mol. The molecule has 8 heteroatoms. The van der Waals surface area contributed by atoms with Crippen LogP contribution < -0.4 is 9.47 Å². The Morgan fingerprint density at radius 3 is 2.57 bits per heavy atom. The van der Waals surface area contributed by atoms with Crippen LogP contribution in [0, 0.1) is 23.1 Å². The van der Waals surface area contributed by atoms with Crippen molar-refractivity contribution in [2.45, 2.75) is 32.8 Å². The van der Waals surface area contributed by atoms with Gasteiger partial charge in [0.05, 0.1) is 13.2 Å². The fraction of sp³-hybridized carbons (Fsp3) is 0.407. The molecule has 1 N–H and O–H groups in total. The molecule has 0 unspecified atom stereocenters. The summed E-state index contributed by atoms with van der Waals surface area (Å²) in [5.41, 5.74) is 0.923. The van der Waals surface area contributed by atoms with Crippen LogP contribution in [-0.4, -0.2) is 61.4 Å². The summed E-state index contributed by atoms with van der Waals surface area (Å²) in [6, 6.07) is 11.4. The molecule has 1 aliphatic heterocycles. The molecule has 35 heavy (non-hydrogen) atoms. The molecule has 1 fully saturated rings. The summed E-state index contributed by atoms with van der Waals surface area (Å²) < 4.78 is 29.2. The second-order valence-electron chi connectivity index (χ2n) is 8.80. The number of likely N-dealkylation sites (tertiary alicyclic amines) is 1. The van der Waals surface area contributed by atoms with Gasteiger partial charge in [0.25, 0.3) is 5.91 Å². The van der Waals surface area contributed by atoms with Crippen LogP contribution in [-0.2, 0) is 14.3 Å². The van der Waals surface area contributed by atoms with Crippen LogP contribution in [0.25, 0.3) is 0 Å². The third-order valence-electron chi connectivity index (χ3n) is 6.40. The Labute approximate surface area is 204 Å². The van der Waals surface area contributed by atoms with Crippen molar-refractivity contribution in [3.05, 3.63) is 59.4 Å². The monoisotopic (exact) mass is 483 g/mol. The zero-order chi connectivity index (χ0) is 25.6. The molecule has 1 aliphatic rings. The van der Waals surface area contributed by atoms with Crippen LogP contribution in [0.2, 0.25) is 0 Å². The number of halogens is 1.